The third kappa shape index (κ3) is 3.81. The number of fused-ring (bicyclic) bond motifs is 2. The third-order valence-corrected chi connectivity index (χ3v) is 6.48. The number of carbonyl (C=O) groups is 1. The topological polar surface area (TPSA) is 69.5 Å². The second kappa shape index (κ2) is 8.42. The molecule has 7 nitrogen and oxygen atoms in total. The summed E-state index contributed by atoms with van der Waals surface area (Å²) in [4.78, 5) is 18.2. The number of aromatic nitrogens is 3. The fraction of sp³-hybridized carbons (Fsp3) is 0.269. The molecule has 35 heavy (non-hydrogen) atoms. The largest absolute Gasteiger partial charge is 0.486 e. The van der Waals surface area contributed by atoms with Crippen LogP contribution in [0.15, 0.2) is 48.8 Å². The third-order valence-electron chi connectivity index (χ3n) is 6.48. The Hall–Kier alpha value is -3.85. The summed E-state index contributed by atoms with van der Waals surface area (Å²) < 4.78 is 43.5. The summed E-state index contributed by atoms with van der Waals surface area (Å²) in [5.74, 6) is -1.09. The quantitative estimate of drug-likeness (QED) is 0.431. The maximum atomic E-state index is 15.2. The summed E-state index contributed by atoms with van der Waals surface area (Å²) in [5, 5.41) is 5.24. The minimum atomic E-state index is -0.711. The first kappa shape index (κ1) is 21.7. The zero-order valence-electron chi connectivity index (χ0n) is 19.0. The van der Waals surface area contributed by atoms with Gasteiger partial charge in [0.25, 0.3) is 5.91 Å². The molecule has 6 rings (SSSR count). The fourth-order valence-corrected chi connectivity index (χ4v) is 4.74. The molecule has 2 aliphatic heterocycles. The highest BCUT2D eigenvalue weighted by molar-refractivity contribution is 5.98. The van der Waals surface area contributed by atoms with Crippen molar-refractivity contribution in [2.24, 2.45) is 7.05 Å². The Morgan fingerprint density at radius 3 is 2.74 bits per heavy atom. The molecule has 0 unspecified atom stereocenters. The zero-order chi connectivity index (χ0) is 24.1. The zero-order valence-corrected chi connectivity index (χ0v) is 19.0. The van der Waals surface area contributed by atoms with Gasteiger partial charge in [0.15, 0.2) is 0 Å². The number of aryl methyl sites for hydroxylation is 1. The molecule has 4 aromatic rings. The molecule has 0 saturated carbocycles. The van der Waals surface area contributed by atoms with E-state index in [0.29, 0.717) is 46.9 Å². The first-order valence-electron chi connectivity index (χ1n) is 11.4. The van der Waals surface area contributed by atoms with Gasteiger partial charge in [-0.25, -0.2) is 8.78 Å². The van der Waals surface area contributed by atoms with E-state index < -0.39 is 11.6 Å². The van der Waals surface area contributed by atoms with E-state index in [2.05, 4.69) is 10.1 Å². The second-order valence-corrected chi connectivity index (χ2v) is 8.86. The minimum Gasteiger partial charge on any atom is -0.486 e. The van der Waals surface area contributed by atoms with Crippen LogP contribution < -0.4 is 4.74 Å². The molecule has 9 heteroatoms. The van der Waals surface area contributed by atoms with Crippen molar-refractivity contribution in [1.82, 2.24) is 19.7 Å². The summed E-state index contributed by atoms with van der Waals surface area (Å²) >= 11 is 0. The lowest BCUT2D eigenvalue weighted by Gasteiger charge is -2.17. The maximum absolute atomic E-state index is 15.2. The van der Waals surface area contributed by atoms with Crippen LogP contribution in [0.2, 0.25) is 0 Å². The van der Waals surface area contributed by atoms with E-state index in [4.69, 9.17) is 9.47 Å². The number of nitrogens with zero attached hydrogens (tertiary/aromatic N) is 4. The Balaban J connectivity index is 1.32. The summed E-state index contributed by atoms with van der Waals surface area (Å²) in [5.41, 5.74) is 2.57. The first-order chi connectivity index (χ1) is 17.0. The van der Waals surface area contributed by atoms with Gasteiger partial charge >= 0.3 is 0 Å². The van der Waals surface area contributed by atoms with Gasteiger partial charge in [0.05, 0.1) is 37.6 Å². The van der Waals surface area contributed by atoms with E-state index >= 15 is 8.78 Å². The number of benzene rings is 2. The molecular weight excluding hydrogens is 454 g/mol. The molecule has 2 aromatic carbocycles. The standard InChI is InChI=1S/C26H22F2N4O3/c1-31-11-19-17(4-5-24(25(19)30-31)35-16-6-8-34-14-16)15-9-21(27)20(22(28)10-15)12-32-13-23-18(26(32)33)3-2-7-29-23/h2-5,7,9-11,16H,6,8,12-14H2,1H3/t16-/m1/s1. The summed E-state index contributed by atoms with van der Waals surface area (Å²) in [7, 11) is 1.79. The molecule has 0 spiro atoms. The number of ether oxygens (including phenoxy) is 2. The van der Waals surface area contributed by atoms with Crippen LogP contribution in [0, 0.1) is 11.6 Å². The molecule has 1 fully saturated rings. The van der Waals surface area contributed by atoms with Crippen LogP contribution in [0.1, 0.15) is 28.0 Å². The number of amides is 1. The molecule has 0 radical (unpaired) electrons. The SMILES string of the molecule is Cn1cc2c(-c3cc(F)c(CN4Cc5ncccc5C4=O)c(F)c3)ccc(O[C@@H]3CCOC3)c2n1. The van der Waals surface area contributed by atoms with Crippen molar-refractivity contribution >= 4 is 16.8 Å². The molecule has 0 bridgehead atoms. The van der Waals surface area contributed by atoms with E-state index in [1.165, 1.54) is 17.0 Å². The predicted molar refractivity (Wildman–Crippen MR) is 124 cm³/mol. The lowest BCUT2D eigenvalue weighted by atomic mass is 9.99. The van der Waals surface area contributed by atoms with Gasteiger partial charge in [-0.2, -0.15) is 5.10 Å². The number of hydrogen-bond acceptors (Lipinski definition) is 5. The molecular formula is C26H22F2N4O3. The second-order valence-electron chi connectivity index (χ2n) is 8.86. The van der Waals surface area contributed by atoms with Crippen molar-refractivity contribution < 1.29 is 23.0 Å². The van der Waals surface area contributed by atoms with Crippen LogP contribution in [0.25, 0.3) is 22.0 Å². The minimum absolute atomic E-state index is 0.0464. The van der Waals surface area contributed by atoms with Gasteiger partial charge < -0.3 is 14.4 Å². The number of carbonyl (C=O) groups excluding carboxylic acids is 1. The van der Waals surface area contributed by atoms with Crippen molar-refractivity contribution in [3.8, 4) is 16.9 Å². The number of pyridine rings is 1. The van der Waals surface area contributed by atoms with Crippen LogP contribution in [0.4, 0.5) is 8.78 Å². The van der Waals surface area contributed by atoms with Gasteiger partial charge in [-0.3, -0.25) is 14.5 Å². The molecule has 2 aliphatic rings. The molecule has 178 valence electrons. The molecule has 1 atom stereocenters. The Morgan fingerprint density at radius 2 is 2.00 bits per heavy atom. The highest BCUT2D eigenvalue weighted by Crippen LogP contribution is 2.36. The van der Waals surface area contributed by atoms with Crippen molar-refractivity contribution in [2.45, 2.75) is 25.6 Å². The lowest BCUT2D eigenvalue weighted by molar-refractivity contribution is 0.0763. The van der Waals surface area contributed by atoms with E-state index in [1.54, 1.807) is 48.4 Å². The van der Waals surface area contributed by atoms with Gasteiger partial charge in [0, 0.05) is 36.8 Å². The Kier molecular flexibility index (Phi) is 5.21. The van der Waals surface area contributed by atoms with Crippen LogP contribution in [-0.2, 0) is 24.9 Å². The highest BCUT2D eigenvalue weighted by Gasteiger charge is 2.30. The van der Waals surface area contributed by atoms with E-state index in [9.17, 15) is 4.79 Å². The summed E-state index contributed by atoms with van der Waals surface area (Å²) in [6, 6.07) is 9.52. The van der Waals surface area contributed by atoms with Gasteiger partial charge in [0.2, 0.25) is 0 Å². The van der Waals surface area contributed by atoms with Gasteiger partial charge in [-0.1, -0.05) is 0 Å². The maximum Gasteiger partial charge on any atom is 0.256 e. The van der Waals surface area contributed by atoms with Crippen molar-refractivity contribution in [1.29, 1.82) is 0 Å². The smallest absolute Gasteiger partial charge is 0.256 e. The van der Waals surface area contributed by atoms with E-state index in [-0.39, 0.29) is 30.7 Å². The number of halogens is 2. The molecule has 2 aromatic heterocycles. The normalized spacial score (nSPS) is 17.4. The molecule has 4 heterocycles. The average Bonchev–Trinajstić information content (AvgIpc) is 3.56. The lowest BCUT2D eigenvalue weighted by Crippen LogP contribution is -2.24. The van der Waals surface area contributed by atoms with Crippen molar-refractivity contribution in [3.63, 3.8) is 0 Å². The fourth-order valence-electron chi connectivity index (χ4n) is 4.74. The van der Waals surface area contributed by atoms with Gasteiger partial charge in [-0.15, -0.1) is 0 Å². The average molecular weight is 476 g/mol. The Labute approximate surface area is 199 Å². The molecule has 0 aliphatic carbocycles. The summed E-state index contributed by atoms with van der Waals surface area (Å²) in [6.45, 7) is 1.23. The van der Waals surface area contributed by atoms with E-state index in [0.717, 1.165) is 11.8 Å². The van der Waals surface area contributed by atoms with Gasteiger partial charge in [-0.05, 0) is 47.5 Å². The van der Waals surface area contributed by atoms with Gasteiger partial charge in [0.1, 0.15) is 29.0 Å². The summed E-state index contributed by atoms with van der Waals surface area (Å²) in [6.07, 6.45) is 4.16. The van der Waals surface area contributed by atoms with Crippen molar-refractivity contribution in [3.05, 3.63) is 77.2 Å². The number of rotatable bonds is 5. The Bertz CT molecular complexity index is 1440. The molecule has 0 N–H and O–H groups in total. The van der Waals surface area contributed by atoms with Crippen LogP contribution in [0.3, 0.4) is 0 Å². The van der Waals surface area contributed by atoms with Crippen LogP contribution in [-0.4, -0.2) is 44.9 Å². The van der Waals surface area contributed by atoms with E-state index in [1.807, 2.05) is 0 Å². The van der Waals surface area contributed by atoms with Crippen LogP contribution >= 0.6 is 0 Å². The highest BCUT2D eigenvalue weighted by atomic mass is 19.1. The monoisotopic (exact) mass is 476 g/mol. The molecule has 1 amide bonds. The number of hydrogen-bond donors (Lipinski definition) is 0. The first-order valence-corrected chi connectivity index (χ1v) is 11.4. The Morgan fingerprint density at radius 1 is 1.17 bits per heavy atom. The predicted octanol–water partition coefficient (Wildman–Crippen LogP) is 4.24. The van der Waals surface area contributed by atoms with Crippen molar-refractivity contribution in [2.75, 3.05) is 13.2 Å². The molecule has 1 saturated heterocycles. The van der Waals surface area contributed by atoms with Crippen LogP contribution in [0.5, 0.6) is 5.75 Å².